The molecule has 0 heterocycles. The Morgan fingerprint density at radius 1 is 1.05 bits per heavy atom. The highest BCUT2D eigenvalue weighted by atomic mass is 35.5. The number of amides is 2. The Bertz CT molecular complexity index is 714. The van der Waals surface area contributed by atoms with E-state index in [9.17, 15) is 9.59 Å². The number of aryl methyl sites for hydroxylation is 2. The van der Waals surface area contributed by atoms with Crippen molar-refractivity contribution in [3.63, 3.8) is 0 Å². The molecule has 0 bridgehead atoms. The lowest BCUT2D eigenvalue weighted by molar-refractivity contribution is -0.136. The van der Waals surface area contributed by atoms with Crippen molar-refractivity contribution in [3.8, 4) is 0 Å². The minimum atomic E-state index is -0.686. The van der Waals surface area contributed by atoms with E-state index < -0.39 is 11.8 Å². The van der Waals surface area contributed by atoms with Gasteiger partial charge in [-0.05, 0) is 43.2 Å². The maximum atomic E-state index is 11.9. The van der Waals surface area contributed by atoms with Crippen LogP contribution in [0.15, 0.2) is 42.5 Å². The molecule has 0 aliphatic rings. The number of hydrogen-bond donors (Lipinski definition) is 2. The number of carbonyl (C=O) groups excluding carboxylic acids is 2. The fourth-order valence-corrected chi connectivity index (χ4v) is 2.26. The minimum absolute atomic E-state index is 0.250. The van der Waals surface area contributed by atoms with Crippen LogP contribution in [0.2, 0.25) is 5.02 Å². The third-order valence-corrected chi connectivity index (χ3v) is 3.41. The van der Waals surface area contributed by atoms with Gasteiger partial charge in [0.1, 0.15) is 0 Å². The van der Waals surface area contributed by atoms with Crippen molar-refractivity contribution in [2.24, 2.45) is 0 Å². The standard InChI is InChI=1S/C17H17ClN2O2/c1-11-6-7-15(12(2)8-11)20-17(22)16(21)19-10-13-4-3-5-14(18)9-13/h3-9H,10H2,1-2H3,(H,19,21)(H,20,22). The summed E-state index contributed by atoms with van der Waals surface area (Å²) in [5, 5.41) is 5.76. The zero-order chi connectivity index (χ0) is 16.1. The van der Waals surface area contributed by atoms with Gasteiger partial charge >= 0.3 is 11.8 Å². The first-order valence-electron chi connectivity index (χ1n) is 6.86. The molecule has 2 rings (SSSR count). The Morgan fingerprint density at radius 3 is 2.50 bits per heavy atom. The van der Waals surface area contributed by atoms with E-state index in [2.05, 4.69) is 10.6 Å². The molecular weight excluding hydrogens is 300 g/mol. The fraction of sp³-hybridized carbons (Fsp3) is 0.176. The molecule has 2 N–H and O–H groups in total. The SMILES string of the molecule is Cc1ccc(NC(=O)C(=O)NCc2cccc(Cl)c2)c(C)c1. The summed E-state index contributed by atoms with van der Waals surface area (Å²) in [6, 6.07) is 12.7. The van der Waals surface area contributed by atoms with E-state index in [1.807, 2.05) is 32.0 Å². The lowest BCUT2D eigenvalue weighted by Gasteiger charge is -2.09. The molecule has 114 valence electrons. The predicted molar refractivity (Wildman–Crippen MR) is 87.8 cm³/mol. The topological polar surface area (TPSA) is 58.2 Å². The average Bonchev–Trinajstić information content (AvgIpc) is 2.47. The summed E-state index contributed by atoms with van der Waals surface area (Å²) in [5.74, 6) is -1.37. The monoisotopic (exact) mass is 316 g/mol. The van der Waals surface area contributed by atoms with Crippen LogP contribution in [0.3, 0.4) is 0 Å². The van der Waals surface area contributed by atoms with Crippen LogP contribution in [-0.4, -0.2) is 11.8 Å². The number of nitrogens with one attached hydrogen (secondary N) is 2. The van der Waals surface area contributed by atoms with E-state index in [0.29, 0.717) is 10.7 Å². The van der Waals surface area contributed by atoms with E-state index in [4.69, 9.17) is 11.6 Å². The molecule has 4 nitrogen and oxygen atoms in total. The number of carbonyl (C=O) groups is 2. The Hall–Kier alpha value is -2.33. The van der Waals surface area contributed by atoms with Crippen molar-refractivity contribution >= 4 is 29.1 Å². The van der Waals surface area contributed by atoms with Gasteiger partial charge < -0.3 is 10.6 Å². The summed E-state index contributed by atoms with van der Waals surface area (Å²) in [5.41, 5.74) is 3.48. The van der Waals surface area contributed by atoms with Crippen molar-refractivity contribution in [1.29, 1.82) is 0 Å². The van der Waals surface area contributed by atoms with Gasteiger partial charge in [-0.25, -0.2) is 0 Å². The van der Waals surface area contributed by atoms with Crippen LogP contribution in [-0.2, 0) is 16.1 Å². The Morgan fingerprint density at radius 2 is 1.82 bits per heavy atom. The largest absolute Gasteiger partial charge is 0.344 e. The molecular formula is C17H17ClN2O2. The average molecular weight is 317 g/mol. The van der Waals surface area contributed by atoms with Gasteiger partial charge in [-0.1, -0.05) is 41.4 Å². The van der Waals surface area contributed by atoms with Crippen molar-refractivity contribution in [2.75, 3.05) is 5.32 Å². The zero-order valence-corrected chi connectivity index (χ0v) is 13.2. The summed E-state index contributed by atoms with van der Waals surface area (Å²) in [7, 11) is 0. The molecule has 0 aliphatic heterocycles. The predicted octanol–water partition coefficient (Wildman–Crippen LogP) is 3.21. The van der Waals surface area contributed by atoms with Crippen LogP contribution >= 0.6 is 11.6 Å². The molecule has 0 fully saturated rings. The molecule has 2 amide bonds. The van der Waals surface area contributed by atoms with Gasteiger partial charge in [-0.15, -0.1) is 0 Å². The minimum Gasteiger partial charge on any atom is -0.344 e. The Balaban J connectivity index is 1.93. The van der Waals surface area contributed by atoms with Crippen LogP contribution in [0.1, 0.15) is 16.7 Å². The van der Waals surface area contributed by atoms with Gasteiger partial charge in [0.2, 0.25) is 0 Å². The molecule has 0 atom stereocenters. The highest BCUT2D eigenvalue weighted by Gasteiger charge is 2.14. The van der Waals surface area contributed by atoms with Crippen LogP contribution in [0.25, 0.3) is 0 Å². The molecule has 5 heteroatoms. The van der Waals surface area contributed by atoms with Gasteiger partial charge in [0.25, 0.3) is 0 Å². The number of rotatable bonds is 3. The van der Waals surface area contributed by atoms with Gasteiger partial charge in [0.15, 0.2) is 0 Å². The van der Waals surface area contributed by atoms with E-state index in [1.165, 1.54) is 0 Å². The number of halogens is 1. The van der Waals surface area contributed by atoms with Gasteiger partial charge in [0.05, 0.1) is 0 Å². The van der Waals surface area contributed by atoms with Crippen LogP contribution in [0, 0.1) is 13.8 Å². The molecule has 0 aliphatic carbocycles. The van der Waals surface area contributed by atoms with Gasteiger partial charge in [-0.3, -0.25) is 9.59 Å². The molecule has 2 aromatic carbocycles. The second-order valence-corrected chi connectivity index (χ2v) is 5.52. The fourth-order valence-electron chi connectivity index (χ4n) is 2.04. The van der Waals surface area contributed by atoms with Crippen molar-refractivity contribution in [2.45, 2.75) is 20.4 Å². The normalized spacial score (nSPS) is 10.1. The number of anilines is 1. The first-order chi connectivity index (χ1) is 10.5. The lowest BCUT2D eigenvalue weighted by atomic mass is 10.1. The molecule has 0 spiro atoms. The van der Waals surface area contributed by atoms with Crippen LogP contribution in [0.4, 0.5) is 5.69 Å². The molecule has 0 unspecified atom stereocenters. The molecule has 0 radical (unpaired) electrons. The van der Waals surface area contributed by atoms with Crippen LogP contribution in [0.5, 0.6) is 0 Å². The van der Waals surface area contributed by atoms with E-state index >= 15 is 0 Å². The summed E-state index contributed by atoms with van der Waals surface area (Å²) in [4.78, 5) is 23.7. The third-order valence-electron chi connectivity index (χ3n) is 3.18. The highest BCUT2D eigenvalue weighted by Crippen LogP contribution is 2.15. The quantitative estimate of drug-likeness (QED) is 0.854. The summed E-state index contributed by atoms with van der Waals surface area (Å²) < 4.78 is 0. The van der Waals surface area contributed by atoms with Gasteiger partial charge in [0, 0.05) is 17.3 Å². The van der Waals surface area contributed by atoms with Crippen molar-refractivity contribution in [3.05, 3.63) is 64.2 Å². The molecule has 2 aromatic rings. The van der Waals surface area contributed by atoms with E-state index in [1.54, 1.807) is 24.3 Å². The second kappa shape index (κ2) is 7.09. The third kappa shape index (κ3) is 4.33. The first kappa shape index (κ1) is 16.0. The zero-order valence-electron chi connectivity index (χ0n) is 12.4. The Kier molecular flexibility index (Phi) is 5.17. The van der Waals surface area contributed by atoms with Crippen molar-refractivity contribution in [1.82, 2.24) is 5.32 Å². The summed E-state index contributed by atoms with van der Waals surface area (Å²) >= 11 is 5.87. The summed E-state index contributed by atoms with van der Waals surface area (Å²) in [6.45, 7) is 4.10. The van der Waals surface area contributed by atoms with Crippen molar-refractivity contribution < 1.29 is 9.59 Å². The summed E-state index contributed by atoms with van der Waals surface area (Å²) in [6.07, 6.45) is 0. The number of hydrogen-bond acceptors (Lipinski definition) is 2. The highest BCUT2D eigenvalue weighted by molar-refractivity contribution is 6.39. The Labute approximate surface area is 134 Å². The molecule has 0 aromatic heterocycles. The van der Waals surface area contributed by atoms with E-state index in [-0.39, 0.29) is 6.54 Å². The maximum Gasteiger partial charge on any atom is 0.313 e. The molecule has 22 heavy (non-hydrogen) atoms. The smallest absolute Gasteiger partial charge is 0.313 e. The van der Waals surface area contributed by atoms with E-state index in [0.717, 1.165) is 16.7 Å². The number of benzene rings is 2. The molecule has 0 saturated heterocycles. The first-order valence-corrected chi connectivity index (χ1v) is 7.24. The maximum absolute atomic E-state index is 11.9. The van der Waals surface area contributed by atoms with Crippen LogP contribution < -0.4 is 10.6 Å². The van der Waals surface area contributed by atoms with Gasteiger partial charge in [-0.2, -0.15) is 0 Å². The lowest BCUT2D eigenvalue weighted by Crippen LogP contribution is -2.35. The second-order valence-electron chi connectivity index (χ2n) is 5.09. The molecule has 0 saturated carbocycles.